The summed E-state index contributed by atoms with van der Waals surface area (Å²) in [5.41, 5.74) is -0.0981. The lowest BCUT2D eigenvalue weighted by atomic mass is 10.2. The van der Waals surface area contributed by atoms with Crippen LogP contribution in [0.15, 0.2) is 41.3 Å². The molecule has 2 aromatic carbocycles. The maximum Gasteiger partial charge on any atom is 0.293 e. The highest BCUT2D eigenvalue weighted by Crippen LogP contribution is 2.30. The second-order valence-electron chi connectivity index (χ2n) is 6.53. The van der Waals surface area contributed by atoms with Gasteiger partial charge in [0, 0.05) is 31.8 Å². The predicted molar refractivity (Wildman–Crippen MR) is 99.4 cm³/mol. The van der Waals surface area contributed by atoms with E-state index in [-0.39, 0.29) is 22.7 Å². The number of nitrogens with one attached hydrogen (secondary N) is 1. The topological polar surface area (TPSA) is 92.5 Å². The average Bonchev–Trinajstić information content (AvgIpc) is 2.66. The first-order valence-corrected chi connectivity index (χ1v) is 10.2. The highest BCUT2D eigenvalue weighted by molar-refractivity contribution is 7.89. The Bertz CT molecular complexity index is 972. The molecular weight excluding hydrogens is 392 g/mol. The molecule has 0 unspecified atom stereocenters. The molecule has 0 saturated carbocycles. The molecule has 1 aliphatic rings. The fraction of sp³-hybridized carbons (Fsp3) is 0.333. The third kappa shape index (κ3) is 4.45. The Hall–Kier alpha value is -2.59. The molecule has 150 valence electrons. The first-order chi connectivity index (χ1) is 13.3. The summed E-state index contributed by atoms with van der Waals surface area (Å²) in [6.07, 6.45) is 2.46. The predicted octanol–water partition coefficient (Wildman–Crippen LogP) is 3.66. The Balaban J connectivity index is 1.86. The summed E-state index contributed by atoms with van der Waals surface area (Å²) >= 11 is 0. The van der Waals surface area contributed by atoms with Gasteiger partial charge in [-0.1, -0.05) is 6.42 Å². The molecule has 0 amide bonds. The second-order valence-corrected chi connectivity index (χ2v) is 8.47. The third-order valence-corrected chi connectivity index (χ3v) is 6.42. The van der Waals surface area contributed by atoms with Gasteiger partial charge in [-0.2, -0.15) is 4.31 Å². The standard InChI is InChI=1S/C18H19F2N3O4S/c19-14-8-13(9-15(20)10-14)12-21-17-5-4-16(11-18(17)23(24)25)28(26,27)22-6-2-1-3-7-22/h4-5,8-11,21H,1-3,6-7,12H2. The minimum absolute atomic E-state index is 0.0618. The molecule has 1 aliphatic heterocycles. The van der Waals surface area contributed by atoms with Gasteiger partial charge in [-0.15, -0.1) is 0 Å². The number of hydrogen-bond donors (Lipinski definition) is 1. The summed E-state index contributed by atoms with van der Waals surface area (Å²) in [6.45, 7) is 0.719. The quantitative estimate of drug-likeness (QED) is 0.578. The average molecular weight is 411 g/mol. The molecule has 2 aromatic rings. The Morgan fingerprint density at radius 2 is 1.68 bits per heavy atom. The number of nitro groups is 1. The van der Waals surface area contributed by atoms with Gasteiger partial charge < -0.3 is 5.32 Å². The first-order valence-electron chi connectivity index (χ1n) is 8.75. The highest BCUT2D eigenvalue weighted by Gasteiger charge is 2.28. The lowest BCUT2D eigenvalue weighted by Crippen LogP contribution is -2.35. The van der Waals surface area contributed by atoms with Crippen LogP contribution in [0.3, 0.4) is 0 Å². The van der Waals surface area contributed by atoms with Crippen molar-refractivity contribution in [1.29, 1.82) is 0 Å². The molecule has 0 aromatic heterocycles. The summed E-state index contributed by atoms with van der Waals surface area (Å²) in [4.78, 5) is 10.6. The van der Waals surface area contributed by atoms with Crippen LogP contribution < -0.4 is 5.32 Å². The molecule has 7 nitrogen and oxygen atoms in total. The lowest BCUT2D eigenvalue weighted by Gasteiger charge is -2.25. The molecule has 0 spiro atoms. The number of benzene rings is 2. The van der Waals surface area contributed by atoms with Crippen LogP contribution in [-0.4, -0.2) is 30.7 Å². The molecule has 0 aliphatic carbocycles. The summed E-state index contributed by atoms with van der Waals surface area (Å²) in [5.74, 6) is -1.51. The largest absolute Gasteiger partial charge is 0.375 e. The summed E-state index contributed by atoms with van der Waals surface area (Å²) < 4.78 is 53.3. The van der Waals surface area contributed by atoms with E-state index >= 15 is 0 Å². The van der Waals surface area contributed by atoms with E-state index in [4.69, 9.17) is 0 Å². The van der Waals surface area contributed by atoms with Crippen LogP contribution in [0.5, 0.6) is 0 Å². The van der Waals surface area contributed by atoms with Crippen molar-refractivity contribution in [3.63, 3.8) is 0 Å². The van der Waals surface area contributed by atoms with Gasteiger partial charge in [0.15, 0.2) is 0 Å². The van der Waals surface area contributed by atoms with E-state index in [0.717, 1.165) is 43.5 Å². The van der Waals surface area contributed by atoms with E-state index in [2.05, 4.69) is 5.32 Å². The van der Waals surface area contributed by atoms with Crippen LogP contribution >= 0.6 is 0 Å². The smallest absolute Gasteiger partial charge is 0.293 e. The zero-order valence-electron chi connectivity index (χ0n) is 14.9. The Morgan fingerprint density at radius 1 is 1.04 bits per heavy atom. The molecule has 0 bridgehead atoms. The van der Waals surface area contributed by atoms with Crippen molar-refractivity contribution >= 4 is 21.4 Å². The molecule has 1 heterocycles. The fourth-order valence-corrected chi connectivity index (χ4v) is 4.67. The number of piperidine rings is 1. The lowest BCUT2D eigenvalue weighted by molar-refractivity contribution is -0.384. The van der Waals surface area contributed by atoms with Gasteiger partial charge >= 0.3 is 0 Å². The number of rotatable bonds is 6. The van der Waals surface area contributed by atoms with Gasteiger partial charge in [0.25, 0.3) is 5.69 Å². The van der Waals surface area contributed by atoms with E-state index in [9.17, 15) is 27.3 Å². The summed E-state index contributed by atoms with van der Waals surface area (Å²) in [5, 5.41) is 14.2. The van der Waals surface area contributed by atoms with Gasteiger partial charge in [0.05, 0.1) is 9.82 Å². The monoisotopic (exact) mass is 411 g/mol. The van der Waals surface area contributed by atoms with Crippen LogP contribution in [0.2, 0.25) is 0 Å². The minimum atomic E-state index is -3.81. The van der Waals surface area contributed by atoms with Crippen molar-refractivity contribution in [2.45, 2.75) is 30.7 Å². The van der Waals surface area contributed by atoms with Crippen molar-refractivity contribution < 1.29 is 22.1 Å². The molecule has 10 heteroatoms. The maximum absolute atomic E-state index is 13.3. The molecular formula is C18H19F2N3O4S. The number of hydrogen-bond acceptors (Lipinski definition) is 5. The van der Waals surface area contributed by atoms with E-state index in [1.807, 2.05) is 0 Å². The van der Waals surface area contributed by atoms with Crippen molar-refractivity contribution in [3.8, 4) is 0 Å². The SMILES string of the molecule is O=[N+]([O-])c1cc(S(=O)(=O)N2CCCCC2)ccc1NCc1cc(F)cc(F)c1. The van der Waals surface area contributed by atoms with Gasteiger partial charge in [-0.3, -0.25) is 10.1 Å². The summed E-state index contributed by atoms with van der Waals surface area (Å²) in [7, 11) is -3.81. The number of nitrogens with zero attached hydrogens (tertiary/aromatic N) is 2. The molecule has 1 fully saturated rings. The van der Waals surface area contributed by atoms with Gasteiger partial charge in [-0.25, -0.2) is 17.2 Å². The van der Waals surface area contributed by atoms with Crippen LogP contribution in [-0.2, 0) is 16.6 Å². The van der Waals surface area contributed by atoms with E-state index in [1.54, 1.807) is 0 Å². The van der Waals surface area contributed by atoms with Crippen LogP contribution in [0.1, 0.15) is 24.8 Å². The van der Waals surface area contributed by atoms with Crippen molar-refractivity contribution in [2.24, 2.45) is 0 Å². The molecule has 0 radical (unpaired) electrons. The highest BCUT2D eigenvalue weighted by atomic mass is 32.2. The van der Waals surface area contributed by atoms with Crippen molar-refractivity contribution in [1.82, 2.24) is 4.31 Å². The zero-order chi connectivity index (χ0) is 20.3. The molecule has 28 heavy (non-hydrogen) atoms. The third-order valence-electron chi connectivity index (χ3n) is 4.52. The summed E-state index contributed by atoms with van der Waals surface area (Å²) in [6, 6.07) is 6.55. The van der Waals surface area contributed by atoms with Crippen LogP contribution in [0, 0.1) is 21.7 Å². The van der Waals surface area contributed by atoms with Gasteiger partial charge in [0.1, 0.15) is 17.3 Å². The maximum atomic E-state index is 13.3. The van der Waals surface area contributed by atoms with Gasteiger partial charge in [0.2, 0.25) is 10.0 Å². The minimum Gasteiger partial charge on any atom is -0.375 e. The molecule has 3 rings (SSSR count). The first kappa shape index (κ1) is 20.2. The number of sulfonamides is 1. The molecule has 1 N–H and O–H groups in total. The number of halogens is 2. The second kappa shape index (κ2) is 8.19. The Kier molecular flexibility index (Phi) is 5.90. The normalized spacial score (nSPS) is 15.4. The Morgan fingerprint density at radius 3 is 2.29 bits per heavy atom. The Labute approximate surface area is 161 Å². The molecule has 1 saturated heterocycles. The zero-order valence-corrected chi connectivity index (χ0v) is 15.7. The van der Waals surface area contributed by atoms with E-state index in [1.165, 1.54) is 16.4 Å². The van der Waals surface area contributed by atoms with E-state index in [0.29, 0.717) is 13.1 Å². The van der Waals surface area contributed by atoms with Gasteiger partial charge in [-0.05, 0) is 42.7 Å². The van der Waals surface area contributed by atoms with Crippen molar-refractivity contribution in [2.75, 3.05) is 18.4 Å². The molecule has 0 atom stereocenters. The fourth-order valence-electron chi connectivity index (χ4n) is 3.14. The van der Waals surface area contributed by atoms with Crippen LogP contribution in [0.25, 0.3) is 0 Å². The number of anilines is 1. The number of nitro benzene ring substituents is 1. The van der Waals surface area contributed by atoms with Crippen molar-refractivity contribution in [3.05, 3.63) is 63.7 Å². The van der Waals surface area contributed by atoms with Crippen LogP contribution in [0.4, 0.5) is 20.2 Å². The van der Waals surface area contributed by atoms with E-state index < -0.39 is 32.3 Å².